The Balaban J connectivity index is 2.83. The van der Waals surface area contributed by atoms with Crippen LogP contribution in [0.4, 0.5) is 0 Å². The molecule has 1 aromatic heterocycles. The molecule has 2 amide bonds. The highest BCUT2D eigenvalue weighted by atomic mass is 16.4. The number of aliphatic carboxylic acids is 1. The third-order valence-electron chi connectivity index (χ3n) is 3.79. The number of likely N-dealkylation sites (N-methyl/N-ethyl adjacent to an activating group) is 1. The minimum absolute atomic E-state index is 0.0187. The van der Waals surface area contributed by atoms with Crippen LogP contribution in [0.5, 0.6) is 0 Å². The number of carboxylic acids is 1. The fourth-order valence-corrected chi connectivity index (χ4v) is 2.08. The van der Waals surface area contributed by atoms with Gasteiger partial charge in [-0.05, 0) is 12.8 Å². The lowest BCUT2D eigenvalue weighted by molar-refractivity contribution is -0.138. The molecule has 2 N–H and O–H groups in total. The van der Waals surface area contributed by atoms with Gasteiger partial charge in [0.15, 0.2) is 5.69 Å². The summed E-state index contributed by atoms with van der Waals surface area (Å²) in [5, 5.41) is 19.2. The van der Waals surface area contributed by atoms with Gasteiger partial charge in [0.1, 0.15) is 6.54 Å². The van der Waals surface area contributed by atoms with Crippen LogP contribution in [0, 0.1) is 0 Å². The molecule has 9 heteroatoms. The summed E-state index contributed by atoms with van der Waals surface area (Å²) in [6, 6.07) is 0. The van der Waals surface area contributed by atoms with Gasteiger partial charge in [0.05, 0.1) is 18.2 Å². The Morgan fingerprint density at radius 1 is 1.30 bits per heavy atom. The quantitative estimate of drug-likeness (QED) is 0.701. The van der Waals surface area contributed by atoms with E-state index in [0.29, 0.717) is 12.8 Å². The van der Waals surface area contributed by atoms with E-state index < -0.39 is 17.4 Å². The second-order valence-electron chi connectivity index (χ2n) is 5.60. The molecule has 0 aromatic carbocycles. The van der Waals surface area contributed by atoms with Crippen LogP contribution in [0.1, 0.15) is 43.6 Å². The second kappa shape index (κ2) is 7.70. The van der Waals surface area contributed by atoms with Gasteiger partial charge in [-0.25, -0.2) is 4.68 Å². The van der Waals surface area contributed by atoms with Gasteiger partial charge in [-0.3, -0.25) is 14.4 Å². The van der Waals surface area contributed by atoms with Crippen LogP contribution in [0.15, 0.2) is 6.20 Å². The normalized spacial score (nSPS) is 11.1. The van der Waals surface area contributed by atoms with E-state index in [4.69, 9.17) is 5.11 Å². The van der Waals surface area contributed by atoms with Crippen LogP contribution in [-0.2, 0) is 16.1 Å². The molecule has 0 aliphatic rings. The Morgan fingerprint density at radius 3 is 2.39 bits per heavy atom. The van der Waals surface area contributed by atoms with Crippen molar-refractivity contribution in [3.63, 3.8) is 0 Å². The van der Waals surface area contributed by atoms with Crippen LogP contribution >= 0.6 is 0 Å². The third-order valence-corrected chi connectivity index (χ3v) is 3.79. The number of hydrogen-bond acceptors (Lipinski definition) is 5. The summed E-state index contributed by atoms with van der Waals surface area (Å²) in [5.41, 5.74) is -0.778. The first-order valence-corrected chi connectivity index (χ1v) is 7.37. The molecule has 1 heterocycles. The molecule has 0 bridgehead atoms. The maximum Gasteiger partial charge on any atom is 0.305 e. The highest BCUT2D eigenvalue weighted by molar-refractivity contribution is 5.92. The standard InChI is InChI=1S/C14H23N5O4/c1-5-14(6-2,7-12(21)22)15-13(23)10-8-19(17-16-10)9-11(20)18(3)4/h8H,5-7,9H2,1-4H3,(H,15,23)(H,21,22). The number of amides is 2. The van der Waals surface area contributed by atoms with Gasteiger partial charge in [-0.15, -0.1) is 5.10 Å². The van der Waals surface area contributed by atoms with Crippen molar-refractivity contribution < 1.29 is 19.5 Å². The lowest BCUT2D eigenvalue weighted by Gasteiger charge is -2.30. The van der Waals surface area contributed by atoms with Gasteiger partial charge < -0.3 is 15.3 Å². The summed E-state index contributed by atoms with van der Waals surface area (Å²) < 4.78 is 1.27. The average molecular weight is 325 g/mol. The fourth-order valence-electron chi connectivity index (χ4n) is 2.08. The van der Waals surface area contributed by atoms with Gasteiger partial charge in [0.2, 0.25) is 5.91 Å². The minimum atomic E-state index is -0.978. The molecule has 0 unspecified atom stereocenters. The van der Waals surface area contributed by atoms with Crippen molar-refractivity contribution in [3.05, 3.63) is 11.9 Å². The van der Waals surface area contributed by atoms with Crippen LogP contribution in [0.2, 0.25) is 0 Å². The molecule has 0 saturated heterocycles. The summed E-state index contributed by atoms with van der Waals surface area (Å²) in [4.78, 5) is 36.3. The van der Waals surface area contributed by atoms with Gasteiger partial charge in [-0.1, -0.05) is 19.1 Å². The first kappa shape index (κ1) is 18.6. The maximum absolute atomic E-state index is 12.3. The molecular weight excluding hydrogens is 302 g/mol. The Bertz CT molecular complexity index is 577. The number of carbonyl (C=O) groups is 3. The van der Waals surface area contributed by atoms with Gasteiger partial charge in [0, 0.05) is 14.1 Å². The average Bonchev–Trinajstić information content (AvgIpc) is 2.94. The van der Waals surface area contributed by atoms with Crippen LogP contribution in [0.25, 0.3) is 0 Å². The molecule has 0 radical (unpaired) electrons. The molecule has 0 fully saturated rings. The predicted molar refractivity (Wildman–Crippen MR) is 81.7 cm³/mol. The van der Waals surface area contributed by atoms with E-state index in [1.165, 1.54) is 15.8 Å². The van der Waals surface area contributed by atoms with Crippen LogP contribution < -0.4 is 5.32 Å². The fraction of sp³-hybridized carbons (Fsp3) is 0.643. The number of hydrogen-bond donors (Lipinski definition) is 2. The summed E-state index contributed by atoms with van der Waals surface area (Å²) in [6.45, 7) is 3.62. The Kier molecular flexibility index (Phi) is 6.23. The van der Waals surface area contributed by atoms with Gasteiger partial charge in [-0.2, -0.15) is 0 Å². The zero-order valence-electron chi connectivity index (χ0n) is 13.9. The van der Waals surface area contributed by atoms with E-state index in [9.17, 15) is 14.4 Å². The van der Waals surface area contributed by atoms with Crippen LogP contribution in [-0.4, -0.2) is 62.4 Å². The molecule has 9 nitrogen and oxygen atoms in total. The van der Waals surface area contributed by atoms with Crippen LogP contribution in [0.3, 0.4) is 0 Å². The third kappa shape index (κ3) is 5.04. The monoisotopic (exact) mass is 325 g/mol. The Labute approximate surface area is 134 Å². The number of nitrogens with one attached hydrogen (secondary N) is 1. The van der Waals surface area contributed by atoms with Crippen molar-refractivity contribution in [2.24, 2.45) is 0 Å². The highest BCUT2D eigenvalue weighted by Crippen LogP contribution is 2.20. The number of carbonyl (C=O) groups excluding carboxylic acids is 2. The summed E-state index contributed by atoms with van der Waals surface area (Å²) in [7, 11) is 3.24. The molecule has 0 spiro atoms. The van der Waals surface area contributed by atoms with Crippen molar-refractivity contribution in [2.45, 2.75) is 45.2 Å². The van der Waals surface area contributed by atoms with E-state index in [1.807, 2.05) is 13.8 Å². The highest BCUT2D eigenvalue weighted by Gasteiger charge is 2.32. The first-order chi connectivity index (χ1) is 10.7. The zero-order chi connectivity index (χ0) is 17.6. The number of rotatable bonds is 8. The topological polar surface area (TPSA) is 117 Å². The lowest BCUT2D eigenvalue weighted by Crippen LogP contribution is -2.49. The van der Waals surface area contributed by atoms with E-state index in [0.717, 1.165) is 0 Å². The summed E-state index contributed by atoms with van der Waals surface area (Å²) in [6.07, 6.45) is 2.16. The molecule has 0 atom stereocenters. The largest absolute Gasteiger partial charge is 0.481 e. The van der Waals surface area contributed by atoms with Crippen molar-refractivity contribution >= 4 is 17.8 Å². The molecule has 1 aromatic rings. The van der Waals surface area contributed by atoms with Crippen molar-refractivity contribution in [2.75, 3.05) is 14.1 Å². The second-order valence-corrected chi connectivity index (χ2v) is 5.60. The number of carboxylic acid groups (broad SMARTS) is 1. The maximum atomic E-state index is 12.3. The van der Waals surface area contributed by atoms with Crippen molar-refractivity contribution in [1.29, 1.82) is 0 Å². The van der Waals surface area contributed by atoms with E-state index >= 15 is 0 Å². The molecular formula is C14H23N5O4. The lowest BCUT2D eigenvalue weighted by atomic mass is 9.89. The number of nitrogens with zero attached hydrogens (tertiary/aromatic N) is 4. The summed E-state index contributed by atoms with van der Waals surface area (Å²) in [5.74, 6) is -1.66. The molecule has 0 aliphatic heterocycles. The molecule has 1 rings (SSSR count). The zero-order valence-corrected chi connectivity index (χ0v) is 13.9. The molecule has 0 aliphatic carbocycles. The Morgan fingerprint density at radius 2 is 1.91 bits per heavy atom. The summed E-state index contributed by atoms with van der Waals surface area (Å²) >= 11 is 0. The van der Waals surface area contributed by atoms with Gasteiger partial charge >= 0.3 is 5.97 Å². The van der Waals surface area contributed by atoms with Crippen molar-refractivity contribution in [1.82, 2.24) is 25.2 Å². The minimum Gasteiger partial charge on any atom is -0.481 e. The van der Waals surface area contributed by atoms with E-state index in [-0.39, 0.29) is 24.6 Å². The van der Waals surface area contributed by atoms with E-state index in [2.05, 4.69) is 15.6 Å². The smallest absolute Gasteiger partial charge is 0.305 e. The SMILES string of the molecule is CCC(CC)(CC(=O)O)NC(=O)c1cn(CC(=O)N(C)C)nn1. The Hall–Kier alpha value is -2.45. The molecule has 23 heavy (non-hydrogen) atoms. The molecule has 128 valence electrons. The van der Waals surface area contributed by atoms with E-state index in [1.54, 1.807) is 14.1 Å². The number of aromatic nitrogens is 3. The first-order valence-electron chi connectivity index (χ1n) is 7.37. The molecule has 0 saturated carbocycles. The van der Waals surface area contributed by atoms with Gasteiger partial charge in [0.25, 0.3) is 5.91 Å². The van der Waals surface area contributed by atoms with Crippen molar-refractivity contribution in [3.8, 4) is 0 Å². The predicted octanol–water partition coefficient (Wildman–Crippen LogP) is 0.130.